The Hall–Kier alpha value is -2.15. The molecule has 7 nitrogen and oxygen atoms in total. The average molecular weight is 279 g/mol. The second-order valence-corrected chi connectivity index (χ2v) is 4.64. The van der Waals surface area contributed by atoms with E-state index in [0.717, 1.165) is 5.56 Å². The number of urea groups is 1. The van der Waals surface area contributed by atoms with Crippen molar-refractivity contribution in [1.82, 2.24) is 14.8 Å². The van der Waals surface area contributed by atoms with E-state index in [9.17, 15) is 9.59 Å². The maximum atomic E-state index is 12.3. The van der Waals surface area contributed by atoms with Crippen molar-refractivity contribution >= 4 is 12.0 Å². The van der Waals surface area contributed by atoms with E-state index >= 15 is 0 Å². The third-order valence-corrected chi connectivity index (χ3v) is 3.11. The van der Waals surface area contributed by atoms with Crippen molar-refractivity contribution in [2.75, 3.05) is 26.7 Å². The fourth-order valence-electron chi connectivity index (χ4n) is 2.04. The molecule has 0 radical (unpaired) electrons. The molecule has 1 N–H and O–H groups in total. The van der Waals surface area contributed by atoms with Crippen LogP contribution in [0.15, 0.2) is 24.5 Å². The summed E-state index contributed by atoms with van der Waals surface area (Å²) < 4.78 is 5.10. The number of hydrogen-bond donors (Lipinski definition) is 1. The van der Waals surface area contributed by atoms with Gasteiger partial charge in [-0.15, -0.1) is 0 Å². The second kappa shape index (κ2) is 6.33. The maximum Gasteiger partial charge on any atom is 0.334 e. The van der Waals surface area contributed by atoms with Gasteiger partial charge in [-0.3, -0.25) is 4.98 Å². The minimum absolute atomic E-state index is 0.0782. The van der Waals surface area contributed by atoms with Crippen LogP contribution < -0.4 is 0 Å². The van der Waals surface area contributed by atoms with Gasteiger partial charge in [0.25, 0.3) is 0 Å². The van der Waals surface area contributed by atoms with E-state index in [-0.39, 0.29) is 19.2 Å². The van der Waals surface area contributed by atoms with Gasteiger partial charge in [-0.25, -0.2) is 9.59 Å². The molecule has 1 aliphatic heterocycles. The minimum atomic E-state index is -1.04. The summed E-state index contributed by atoms with van der Waals surface area (Å²) in [5.41, 5.74) is 0.971. The normalized spacial score (nSPS) is 18.6. The van der Waals surface area contributed by atoms with Gasteiger partial charge in [-0.2, -0.15) is 0 Å². The van der Waals surface area contributed by atoms with Crippen molar-refractivity contribution in [2.24, 2.45) is 0 Å². The van der Waals surface area contributed by atoms with Crippen LogP contribution in [0.4, 0.5) is 4.79 Å². The smallest absolute Gasteiger partial charge is 0.334 e. The van der Waals surface area contributed by atoms with Crippen LogP contribution in [0.25, 0.3) is 0 Å². The summed E-state index contributed by atoms with van der Waals surface area (Å²) in [7, 11) is 1.69. The van der Waals surface area contributed by atoms with Crippen LogP contribution in [0.2, 0.25) is 0 Å². The summed E-state index contributed by atoms with van der Waals surface area (Å²) in [6.45, 7) is 1.18. The van der Waals surface area contributed by atoms with Crippen molar-refractivity contribution in [3.63, 3.8) is 0 Å². The molecule has 20 heavy (non-hydrogen) atoms. The number of carbonyl (C=O) groups is 2. The molecule has 1 aromatic heterocycles. The number of carboxylic acids is 1. The number of ether oxygens (including phenoxy) is 1. The predicted molar refractivity (Wildman–Crippen MR) is 70.0 cm³/mol. The first-order chi connectivity index (χ1) is 9.58. The van der Waals surface area contributed by atoms with E-state index in [0.29, 0.717) is 13.1 Å². The van der Waals surface area contributed by atoms with Gasteiger partial charge in [0, 0.05) is 32.5 Å². The number of carbonyl (C=O) groups excluding carboxylic acids is 1. The summed E-state index contributed by atoms with van der Waals surface area (Å²) in [5.74, 6) is -1.04. The summed E-state index contributed by atoms with van der Waals surface area (Å²) >= 11 is 0. The maximum absolute atomic E-state index is 12.3. The molecule has 1 atom stereocenters. The summed E-state index contributed by atoms with van der Waals surface area (Å²) in [6, 6.07) is 3.48. The Balaban J connectivity index is 1.94. The highest BCUT2D eigenvalue weighted by Crippen LogP contribution is 2.10. The molecule has 1 saturated heterocycles. The molecule has 1 aromatic rings. The number of nitrogens with zero attached hydrogens (tertiary/aromatic N) is 3. The first-order valence-electron chi connectivity index (χ1n) is 6.31. The fourth-order valence-corrected chi connectivity index (χ4v) is 2.04. The number of rotatable bonds is 3. The molecule has 0 spiro atoms. The molecule has 1 aliphatic rings. The quantitative estimate of drug-likeness (QED) is 0.867. The van der Waals surface area contributed by atoms with E-state index in [1.165, 1.54) is 4.90 Å². The third-order valence-electron chi connectivity index (χ3n) is 3.11. The van der Waals surface area contributed by atoms with Gasteiger partial charge in [0.2, 0.25) is 0 Å². The number of carboxylic acid groups (broad SMARTS) is 1. The second-order valence-electron chi connectivity index (χ2n) is 4.64. The van der Waals surface area contributed by atoms with Crippen molar-refractivity contribution in [3.05, 3.63) is 30.1 Å². The molecule has 2 rings (SSSR count). The summed E-state index contributed by atoms with van der Waals surface area (Å²) in [6.07, 6.45) is 2.40. The summed E-state index contributed by atoms with van der Waals surface area (Å²) in [5, 5.41) is 8.93. The molecular weight excluding hydrogens is 262 g/mol. The standard InChI is InChI=1S/C13H17N3O4/c1-15(8-10-2-4-14-5-3-10)13(19)16-6-7-20-11(9-16)12(17)18/h2-5,11H,6-9H2,1H3,(H,17,18). The van der Waals surface area contributed by atoms with E-state index in [2.05, 4.69) is 4.98 Å². The van der Waals surface area contributed by atoms with Gasteiger partial charge in [-0.1, -0.05) is 0 Å². The lowest BCUT2D eigenvalue weighted by Crippen LogP contribution is -2.51. The van der Waals surface area contributed by atoms with Crippen molar-refractivity contribution in [2.45, 2.75) is 12.6 Å². The SMILES string of the molecule is CN(Cc1ccncc1)C(=O)N1CCOC(C(=O)O)C1. The topological polar surface area (TPSA) is 83.0 Å². The molecule has 1 fully saturated rings. The van der Waals surface area contributed by atoms with Crippen LogP contribution >= 0.6 is 0 Å². The van der Waals surface area contributed by atoms with Crippen LogP contribution in [0.5, 0.6) is 0 Å². The summed E-state index contributed by atoms with van der Waals surface area (Å²) in [4.78, 5) is 30.1. The predicted octanol–water partition coefficient (Wildman–Crippen LogP) is 0.419. The number of aromatic nitrogens is 1. The van der Waals surface area contributed by atoms with Gasteiger partial charge in [0.05, 0.1) is 13.2 Å². The molecule has 0 aromatic carbocycles. The van der Waals surface area contributed by atoms with Crippen LogP contribution in [-0.4, -0.2) is 64.7 Å². The first-order valence-corrected chi connectivity index (χ1v) is 6.31. The van der Waals surface area contributed by atoms with Gasteiger partial charge in [0.15, 0.2) is 6.10 Å². The number of morpholine rings is 1. The Morgan fingerprint density at radius 3 is 2.85 bits per heavy atom. The molecule has 2 amide bonds. The van der Waals surface area contributed by atoms with E-state index in [1.807, 2.05) is 12.1 Å². The Labute approximate surface area is 116 Å². The number of pyridine rings is 1. The monoisotopic (exact) mass is 279 g/mol. The lowest BCUT2D eigenvalue weighted by molar-refractivity contribution is -0.154. The zero-order valence-corrected chi connectivity index (χ0v) is 11.2. The fraction of sp³-hybridized carbons (Fsp3) is 0.462. The molecule has 0 saturated carbocycles. The van der Waals surface area contributed by atoms with Crippen LogP contribution in [-0.2, 0) is 16.1 Å². The van der Waals surface area contributed by atoms with Crippen LogP contribution in [0.3, 0.4) is 0 Å². The molecule has 1 unspecified atom stereocenters. The Morgan fingerprint density at radius 1 is 1.50 bits per heavy atom. The third kappa shape index (κ3) is 3.45. The van der Waals surface area contributed by atoms with E-state index < -0.39 is 12.1 Å². The van der Waals surface area contributed by atoms with Crippen molar-refractivity contribution < 1.29 is 19.4 Å². The molecular formula is C13H17N3O4. The number of aliphatic carboxylic acids is 1. The highest BCUT2D eigenvalue weighted by Gasteiger charge is 2.30. The van der Waals surface area contributed by atoms with E-state index in [1.54, 1.807) is 24.3 Å². The number of amides is 2. The molecule has 2 heterocycles. The lowest BCUT2D eigenvalue weighted by Gasteiger charge is -2.33. The van der Waals surface area contributed by atoms with Gasteiger partial charge < -0.3 is 19.6 Å². The first kappa shape index (κ1) is 14.3. The van der Waals surface area contributed by atoms with E-state index in [4.69, 9.17) is 9.84 Å². The molecule has 7 heteroatoms. The highest BCUT2D eigenvalue weighted by atomic mass is 16.5. The highest BCUT2D eigenvalue weighted by molar-refractivity contribution is 5.77. The average Bonchev–Trinajstić information content (AvgIpc) is 2.47. The van der Waals surface area contributed by atoms with Crippen molar-refractivity contribution in [1.29, 1.82) is 0 Å². The lowest BCUT2D eigenvalue weighted by atomic mass is 10.2. The van der Waals surface area contributed by atoms with Crippen molar-refractivity contribution in [3.8, 4) is 0 Å². The Bertz CT molecular complexity index is 480. The molecule has 0 aliphatic carbocycles. The van der Waals surface area contributed by atoms with Gasteiger partial charge >= 0.3 is 12.0 Å². The van der Waals surface area contributed by atoms with Crippen LogP contribution in [0.1, 0.15) is 5.56 Å². The van der Waals surface area contributed by atoms with Gasteiger partial charge in [0.1, 0.15) is 0 Å². The molecule has 0 bridgehead atoms. The zero-order valence-electron chi connectivity index (χ0n) is 11.2. The van der Waals surface area contributed by atoms with Crippen LogP contribution in [0, 0.1) is 0 Å². The Kier molecular flexibility index (Phi) is 4.52. The van der Waals surface area contributed by atoms with Gasteiger partial charge in [-0.05, 0) is 17.7 Å². The largest absolute Gasteiger partial charge is 0.479 e. The minimum Gasteiger partial charge on any atom is -0.479 e. The number of hydrogen-bond acceptors (Lipinski definition) is 4. The zero-order chi connectivity index (χ0) is 14.5. The molecule has 108 valence electrons. The Morgan fingerprint density at radius 2 is 2.20 bits per heavy atom.